The summed E-state index contributed by atoms with van der Waals surface area (Å²) >= 11 is 1.42. The first-order valence-electron chi connectivity index (χ1n) is 4.72. The number of carbonyl (C=O) groups is 2. The van der Waals surface area contributed by atoms with Crippen molar-refractivity contribution in [3.05, 3.63) is 22.4 Å². The SMILES string of the molecule is O=C(NC1(C(=O)O)CCC1)c1ccsc1. The van der Waals surface area contributed by atoms with Gasteiger partial charge < -0.3 is 10.4 Å². The Balaban J connectivity index is 2.08. The topological polar surface area (TPSA) is 66.4 Å². The fourth-order valence-electron chi connectivity index (χ4n) is 1.61. The number of nitrogens with one attached hydrogen (secondary N) is 1. The summed E-state index contributed by atoms with van der Waals surface area (Å²) in [6.07, 6.45) is 1.91. The Kier molecular flexibility index (Phi) is 2.48. The molecule has 2 rings (SSSR count). The smallest absolute Gasteiger partial charge is 0.329 e. The van der Waals surface area contributed by atoms with Crippen molar-refractivity contribution < 1.29 is 14.7 Å². The lowest BCUT2D eigenvalue weighted by atomic mass is 9.76. The maximum atomic E-state index is 11.7. The van der Waals surface area contributed by atoms with Crippen LogP contribution in [0.4, 0.5) is 0 Å². The Morgan fingerprint density at radius 2 is 2.20 bits per heavy atom. The molecule has 1 aliphatic rings. The molecule has 4 nitrogen and oxygen atoms in total. The number of carbonyl (C=O) groups excluding carboxylic acids is 1. The minimum atomic E-state index is -1.01. The second kappa shape index (κ2) is 3.66. The summed E-state index contributed by atoms with van der Waals surface area (Å²) in [4.78, 5) is 22.6. The molecule has 1 aromatic heterocycles. The number of rotatable bonds is 3. The number of amides is 1. The first-order chi connectivity index (χ1) is 7.14. The van der Waals surface area contributed by atoms with Gasteiger partial charge >= 0.3 is 5.97 Å². The van der Waals surface area contributed by atoms with Crippen LogP contribution >= 0.6 is 11.3 Å². The van der Waals surface area contributed by atoms with Gasteiger partial charge in [-0.3, -0.25) is 4.79 Å². The third-order valence-corrected chi connectivity index (χ3v) is 3.44. The molecule has 0 radical (unpaired) electrons. The quantitative estimate of drug-likeness (QED) is 0.819. The highest BCUT2D eigenvalue weighted by Gasteiger charge is 2.45. The second-order valence-electron chi connectivity index (χ2n) is 3.71. The first-order valence-corrected chi connectivity index (χ1v) is 5.66. The average molecular weight is 225 g/mol. The lowest BCUT2D eigenvalue weighted by Crippen LogP contribution is -2.59. The van der Waals surface area contributed by atoms with Crippen molar-refractivity contribution in [2.75, 3.05) is 0 Å². The number of thiophene rings is 1. The van der Waals surface area contributed by atoms with Gasteiger partial charge in [-0.25, -0.2) is 4.79 Å². The molecular weight excluding hydrogens is 214 g/mol. The van der Waals surface area contributed by atoms with E-state index in [4.69, 9.17) is 5.11 Å². The highest BCUT2D eigenvalue weighted by molar-refractivity contribution is 7.08. The van der Waals surface area contributed by atoms with Crippen molar-refractivity contribution in [2.24, 2.45) is 0 Å². The maximum Gasteiger partial charge on any atom is 0.329 e. The molecule has 1 fully saturated rings. The van der Waals surface area contributed by atoms with Gasteiger partial charge in [-0.2, -0.15) is 11.3 Å². The van der Waals surface area contributed by atoms with E-state index in [2.05, 4.69) is 5.32 Å². The van der Waals surface area contributed by atoms with E-state index in [1.165, 1.54) is 11.3 Å². The van der Waals surface area contributed by atoms with E-state index >= 15 is 0 Å². The third-order valence-electron chi connectivity index (χ3n) is 2.75. The van der Waals surface area contributed by atoms with Gasteiger partial charge in [0.2, 0.25) is 0 Å². The lowest BCUT2D eigenvalue weighted by molar-refractivity contribution is -0.148. The Hall–Kier alpha value is -1.36. The molecule has 0 saturated heterocycles. The number of aliphatic carboxylic acids is 1. The molecule has 5 heteroatoms. The van der Waals surface area contributed by atoms with Gasteiger partial charge in [-0.15, -0.1) is 0 Å². The Labute approximate surface area is 90.9 Å². The molecular formula is C10H11NO3S. The molecule has 15 heavy (non-hydrogen) atoms. The summed E-state index contributed by atoms with van der Waals surface area (Å²) in [7, 11) is 0. The van der Waals surface area contributed by atoms with Crippen LogP contribution in [0.1, 0.15) is 29.6 Å². The Morgan fingerprint density at radius 1 is 1.47 bits per heavy atom. The number of carboxylic acid groups (broad SMARTS) is 1. The monoisotopic (exact) mass is 225 g/mol. The van der Waals surface area contributed by atoms with Gasteiger partial charge in [0.1, 0.15) is 5.54 Å². The highest BCUT2D eigenvalue weighted by Crippen LogP contribution is 2.32. The third kappa shape index (κ3) is 1.74. The molecule has 0 aliphatic heterocycles. The molecule has 1 saturated carbocycles. The molecule has 0 bridgehead atoms. The van der Waals surface area contributed by atoms with Gasteiger partial charge in [0.05, 0.1) is 5.56 Å². The summed E-state index contributed by atoms with van der Waals surface area (Å²) in [5, 5.41) is 15.1. The molecule has 2 N–H and O–H groups in total. The highest BCUT2D eigenvalue weighted by atomic mass is 32.1. The molecule has 0 aromatic carbocycles. The van der Waals surface area contributed by atoms with Gasteiger partial charge in [-0.1, -0.05) is 0 Å². The van der Waals surface area contributed by atoms with Crippen LogP contribution in [0.2, 0.25) is 0 Å². The Morgan fingerprint density at radius 3 is 2.60 bits per heavy atom. The predicted octanol–water partition coefficient (Wildman–Crippen LogP) is 1.49. The summed E-state index contributed by atoms with van der Waals surface area (Å²) in [5.41, 5.74) is -0.480. The average Bonchev–Trinajstić information content (AvgIpc) is 2.62. The van der Waals surface area contributed by atoms with Crippen LogP contribution in [0.15, 0.2) is 16.8 Å². The van der Waals surface area contributed by atoms with Crippen LogP contribution in [0.5, 0.6) is 0 Å². The van der Waals surface area contributed by atoms with Crippen LogP contribution in [-0.2, 0) is 4.79 Å². The largest absolute Gasteiger partial charge is 0.480 e. The molecule has 1 heterocycles. The minimum Gasteiger partial charge on any atom is -0.480 e. The van der Waals surface area contributed by atoms with E-state index in [9.17, 15) is 9.59 Å². The van der Waals surface area contributed by atoms with Crippen molar-refractivity contribution in [3.63, 3.8) is 0 Å². The number of carboxylic acids is 1. The van der Waals surface area contributed by atoms with Crippen molar-refractivity contribution in [3.8, 4) is 0 Å². The van der Waals surface area contributed by atoms with E-state index in [0.29, 0.717) is 18.4 Å². The zero-order valence-corrected chi connectivity index (χ0v) is 8.84. The fourth-order valence-corrected chi connectivity index (χ4v) is 2.24. The summed E-state index contributed by atoms with van der Waals surface area (Å²) in [5.74, 6) is -1.23. The van der Waals surface area contributed by atoms with Crippen LogP contribution in [0.25, 0.3) is 0 Å². The van der Waals surface area contributed by atoms with Gasteiger partial charge in [0, 0.05) is 5.38 Å². The molecule has 0 unspecified atom stereocenters. The van der Waals surface area contributed by atoms with Crippen molar-refractivity contribution in [1.82, 2.24) is 5.32 Å². The molecule has 1 aliphatic carbocycles. The zero-order chi connectivity index (χ0) is 10.9. The maximum absolute atomic E-state index is 11.7. The van der Waals surface area contributed by atoms with Crippen LogP contribution in [0, 0.1) is 0 Å². The van der Waals surface area contributed by atoms with E-state index in [1.54, 1.807) is 16.8 Å². The standard InChI is InChI=1S/C10H11NO3S/c12-8(7-2-5-15-6-7)11-10(9(13)14)3-1-4-10/h2,5-6H,1,3-4H2,(H,11,12)(H,13,14). The molecule has 1 aromatic rings. The van der Waals surface area contributed by atoms with Crippen LogP contribution in [-0.4, -0.2) is 22.5 Å². The lowest BCUT2D eigenvalue weighted by Gasteiger charge is -2.38. The summed E-state index contributed by atoms with van der Waals surface area (Å²) in [6.45, 7) is 0. The number of hydrogen-bond acceptors (Lipinski definition) is 3. The molecule has 1 amide bonds. The van der Waals surface area contributed by atoms with E-state index in [0.717, 1.165) is 6.42 Å². The van der Waals surface area contributed by atoms with Crippen LogP contribution in [0.3, 0.4) is 0 Å². The van der Waals surface area contributed by atoms with E-state index in [-0.39, 0.29) is 5.91 Å². The first kappa shape index (κ1) is 10.2. The van der Waals surface area contributed by atoms with Gasteiger partial charge in [-0.05, 0) is 30.7 Å². The van der Waals surface area contributed by atoms with Crippen molar-refractivity contribution in [1.29, 1.82) is 0 Å². The van der Waals surface area contributed by atoms with Crippen LogP contribution < -0.4 is 5.32 Å². The van der Waals surface area contributed by atoms with E-state index < -0.39 is 11.5 Å². The second-order valence-corrected chi connectivity index (χ2v) is 4.49. The van der Waals surface area contributed by atoms with Crippen molar-refractivity contribution >= 4 is 23.2 Å². The van der Waals surface area contributed by atoms with Crippen molar-refractivity contribution in [2.45, 2.75) is 24.8 Å². The Bertz CT molecular complexity index is 381. The summed E-state index contributed by atoms with van der Waals surface area (Å²) < 4.78 is 0. The zero-order valence-electron chi connectivity index (χ0n) is 8.03. The molecule has 0 atom stereocenters. The van der Waals surface area contributed by atoms with E-state index in [1.807, 2.05) is 0 Å². The molecule has 80 valence electrons. The van der Waals surface area contributed by atoms with Gasteiger partial charge in [0.15, 0.2) is 0 Å². The predicted molar refractivity (Wildman–Crippen MR) is 56.0 cm³/mol. The summed E-state index contributed by atoms with van der Waals surface area (Å²) in [6, 6.07) is 1.69. The minimum absolute atomic E-state index is 0.293. The number of hydrogen-bond donors (Lipinski definition) is 2. The molecule has 0 spiro atoms. The normalized spacial score (nSPS) is 17.9. The fraction of sp³-hybridized carbons (Fsp3) is 0.400. The van der Waals surface area contributed by atoms with Gasteiger partial charge in [0.25, 0.3) is 5.91 Å².